The van der Waals surface area contributed by atoms with Crippen LogP contribution in [0.4, 0.5) is 10.1 Å². The first kappa shape index (κ1) is 22.5. The van der Waals surface area contributed by atoms with Gasteiger partial charge in [-0.25, -0.2) is 9.18 Å². The number of anilines is 1. The summed E-state index contributed by atoms with van der Waals surface area (Å²) < 4.78 is 19.7. The molecule has 0 atom stereocenters. The molecule has 2 heterocycles. The predicted octanol–water partition coefficient (Wildman–Crippen LogP) is 3.50. The zero-order valence-corrected chi connectivity index (χ0v) is 18.5. The Hall–Kier alpha value is -3.16. The molecule has 1 saturated heterocycles. The summed E-state index contributed by atoms with van der Waals surface area (Å²) >= 11 is 0. The van der Waals surface area contributed by atoms with Crippen LogP contribution >= 0.6 is 0 Å². The van der Waals surface area contributed by atoms with E-state index in [0.29, 0.717) is 59.9 Å². The van der Waals surface area contributed by atoms with Gasteiger partial charge in [0, 0.05) is 37.4 Å². The van der Waals surface area contributed by atoms with E-state index < -0.39 is 11.8 Å². The first-order valence-electron chi connectivity index (χ1n) is 10.3. The van der Waals surface area contributed by atoms with Gasteiger partial charge in [0.1, 0.15) is 11.5 Å². The van der Waals surface area contributed by atoms with Gasteiger partial charge in [0.15, 0.2) is 5.78 Å². The molecule has 1 aromatic carbocycles. The van der Waals surface area contributed by atoms with Crippen molar-refractivity contribution in [1.29, 1.82) is 0 Å². The van der Waals surface area contributed by atoms with E-state index >= 15 is 0 Å². The number of ether oxygens (including phenoxy) is 1. The number of hydrogen-bond acceptors (Lipinski definition) is 5. The Kier molecular flexibility index (Phi) is 6.48. The molecule has 2 aromatic rings. The Morgan fingerprint density at radius 2 is 1.74 bits per heavy atom. The summed E-state index contributed by atoms with van der Waals surface area (Å²) in [6.45, 7) is 10.2. The fraction of sp³-hybridized carbons (Fsp3) is 0.435. The molecule has 7 nitrogen and oxygen atoms in total. The number of carbonyl (C=O) groups is 3. The highest BCUT2D eigenvalue weighted by molar-refractivity contribution is 6.00. The lowest BCUT2D eigenvalue weighted by molar-refractivity contribution is 0.0376. The van der Waals surface area contributed by atoms with E-state index in [2.05, 4.69) is 4.98 Å². The number of ketones is 1. The van der Waals surface area contributed by atoms with E-state index in [-0.39, 0.29) is 17.8 Å². The molecule has 1 aromatic heterocycles. The lowest BCUT2D eigenvalue weighted by Gasteiger charge is -2.36. The summed E-state index contributed by atoms with van der Waals surface area (Å²) in [7, 11) is 0. The molecule has 0 spiro atoms. The highest BCUT2D eigenvalue weighted by atomic mass is 19.1. The van der Waals surface area contributed by atoms with Crippen molar-refractivity contribution in [3.05, 3.63) is 52.1 Å². The van der Waals surface area contributed by atoms with Gasteiger partial charge >= 0.3 is 5.97 Å². The zero-order chi connectivity index (χ0) is 22.9. The van der Waals surface area contributed by atoms with Crippen molar-refractivity contribution in [2.45, 2.75) is 40.7 Å². The molecule has 1 aliphatic heterocycles. The first-order valence-corrected chi connectivity index (χ1v) is 10.3. The Morgan fingerprint density at radius 1 is 1.10 bits per heavy atom. The molecule has 1 amide bonds. The number of halogens is 1. The van der Waals surface area contributed by atoms with Crippen molar-refractivity contribution in [2.75, 3.05) is 31.1 Å². The van der Waals surface area contributed by atoms with Crippen LogP contribution in [0.15, 0.2) is 18.2 Å². The normalized spacial score (nSPS) is 14.2. The summed E-state index contributed by atoms with van der Waals surface area (Å²) in [5.41, 5.74) is 2.68. The Bertz CT molecular complexity index is 1020. The molecule has 0 saturated carbocycles. The van der Waals surface area contributed by atoms with Crippen molar-refractivity contribution in [3.8, 4) is 0 Å². The van der Waals surface area contributed by atoms with Crippen molar-refractivity contribution in [3.63, 3.8) is 0 Å². The van der Waals surface area contributed by atoms with Crippen LogP contribution in [-0.2, 0) is 4.74 Å². The number of aromatic nitrogens is 1. The van der Waals surface area contributed by atoms with Crippen LogP contribution in [0.2, 0.25) is 0 Å². The minimum atomic E-state index is -0.449. The smallest absolute Gasteiger partial charge is 0.340 e. The van der Waals surface area contributed by atoms with Gasteiger partial charge in [0.25, 0.3) is 5.91 Å². The third-order valence-corrected chi connectivity index (χ3v) is 5.46. The van der Waals surface area contributed by atoms with E-state index in [9.17, 15) is 18.8 Å². The van der Waals surface area contributed by atoms with Crippen molar-refractivity contribution in [1.82, 2.24) is 9.88 Å². The van der Waals surface area contributed by atoms with Gasteiger partial charge in [-0.15, -0.1) is 0 Å². The standard InChI is InChI=1S/C23H28FN3O4/c1-13(2)31-23(30)20-14(3)21(25-15(20)4)22(29)27-10-8-26(9-11-27)19-7-6-17(16(5)28)12-18(19)24/h6-7,12-13,25H,8-11H2,1-5H3. The molecular weight excluding hydrogens is 401 g/mol. The average molecular weight is 429 g/mol. The molecule has 1 aliphatic rings. The van der Waals surface area contributed by atoms with Crippen LogP contribution in [0.3, 0.4) is 0 Å². The van der Waals surface area contributed by atoms with Crippen LogP contribution < -0.4 is 4.90 Å². The van der Waals surface area contributed by atoms with E-state index in [4.69, 9.17) is 4.74 Å². The second-order valence-corrected chi connectivity index (χ2v) is 8.08. The fourth-order valence-corrected chi connectivity index (χ4v) is 3.83. The minimum Gasteiger partial charge on any atom is -0.459 e. The number of amides is 1. The molecular formula is C23H28FN3O4. The number of nitrogens with one attached hydrogen (secondary N) is 1. The van der Waals surface area contributed by atoms with Gasteiger partial charge in [-0.05, 0) is 58.4 Å². The van der Waals surface area contributed by atoms with Crippen molar-refractivity contribution < 1.29 is 23.5 Å². The number of aromatic amines is 1. The van der Waals surface area contributed by atoms with Crippen LogP contribution in [0.5, 0.6) is 0 Å². The number of esters is 1. The molecule has 8 heteroatoms. The van der Waals surface area contributed by atoms with Gasteiger partial charge in [-0.2, -0.15) is 0 Å². The van der Waals surface area contributed by atoms with Crippen molar-refractivity contribution in [2.24, 2.45) is 0 Å². The maximum Gasteiger partial charge on any atom is 0.340 e. The second-order valence-electron chi connectivity index (χ2n) is 8.08. The number of rotatable bonds is 5. The molecule has 0 bridgehead atoms. The molecule has 3 rings (SSSR count). The van der Waals surface area contributed by atoms with E-state index in [1.807, 2.05) is 4.90 Å². The first-order chi connectivity index (χ1) is 14.6. The van der Waals surface area contributed by atoms with Crippen molar-refractivity contribution >= 4 is 23.3 Å². The third kappa shape index (κ3) is 4.62. The number of H-pyrrole nitrogens is 1. The third-order valence-electron chi connectivity index (χ3n) is 5.46. The number of Topliss-reactive ketones (excluding diaryl/α,β-unsaturated/α-hetero) is 1. The summed E-state index contributed by atoms with van der Waals surface area (Å²) in [4.78, 5) is 43.5. The maximum atomic E-state index is 14.5. The Labute approximate surface area is 181 Å². The van der Waals surface area contributed by atoms with Gasteiger partial charge in [-0.1, -0.05) is 0 Å². The topological polar surface area (TPSA) is 82.7 Å². The maximum absolute atomic E-state index is 14.5. The molecule has 0 aliphatic carbocycles. The van der Waals surface area contributed by atoms with Crippen LogP contribution in [0, 0.1) is 19.7 Å². The summed E-state index contributed by atoms with van der Waals surface area (Å²) in [5.74, 6) is -1.28. The molecule has 166 valence electrons. The molecule has 0 radical (unpaired) electrons. The second kappa shape index (κ2) is 8.91. The molecule has 0 unspecified atom stereocenters. The SMILES string of the molecule is CC(=O)c1ccc(N2CCN(C(=O)c3[nH]c(C)c(C(=O)OC(C)C)c3C)CC2)c(F)c1. The number of benzene rings is 1. The Balaban J connectivity index is 1.71. The predicted molar refractivity (Wildman–Crippen MR) is 115 cm³/mol. The van der Waals surface area contributed by atoms with Crippen LogP contribution in [0.1, 0.15) is 63.2 Å². The largest absolute Gasteiger partial charge is 0.459 e. The number of hydrogen-bond donors (Lipinski definition) is 1. The average Bonchev–Trinajstić information content (AvgIpc) is 3.01. The van der Waals surface area contributed by atoms with Gasteiger partial charge < -0.3 is 19.5 Å². The van der Waals surface area contributed by atoms with Gasteiger partial charge in [0.05, 0.1) is 17.4 Å². The minimum absolute atomic E-state index is 0.186. The van der Waals surface area contributed by atoms with E-state index in [1.54, 1.807) is 44.7 Å². The lowest BCUT2D eigenvalue weighted by atomic mass is 10.1. The van der Waals surface area contributed by atoms with Gasteiger partial charge in [-0.3, -0.25) is 9.59 Å². The number of nitrogens with zero attached hydrogens (tertiary/aromatic N) is 2. The number of aryl methyl sites for hydroxylation is 1. The molecule has 1 N–H and O–H groups in total. The molecule has 31 heavy (non-hydrogen) atoms. The zero-order valence-electron chi connectivity index (χ0n) is 18.5. The quantitative estimate of drug-likeness (QED) is 0.581. The summed E-state index contributed by atoms with van der Waals surface area (Å²) in [6.07, 6.45) is -0.252. The van der Waals surface area contributed by atoms with E-state index in [0.717, 1.165) is 0 Å². The van der Waals surface area contributed by atoms with Crippen LogP contribution in [-0.4, -0.2) is 59.8 Å². The Morgan fingerprint density at radius 3 is 2.29 bits per heavy atom. The monoisotopic (exact) mass is 429 g/mol. The summed E-state index contributed by atoms with van der Waals surface area (Å²) in [5, 5.41) is 0. The highest BCUT2D eigenvalue weighted by Gasteiger charge is 2.29. The summed E-state index contributed by atoms with van der Waals surface area (Å²) in [6, 6.07) is 4.47. The number of piperazine rings is 1. The van der Waals surface area contributed by atoms with Crippen LogP contribution in [0.25, 0.3) is 0 Å². The highest BCUT2D eigenvalue weighted by Crippen LogP contribution is 2.24. The van der Waals surface area contributed by atoms with E-state index in [1.165, 1.54) is 13.0 Å². The van der Waals surface area contributed by atoms with Gasteiger partial charge in [0.2, 0.25) is 0 Å². The molecule has 1 fully saturated rings. The lowest BCUT2D eigenvalue weighted by Crippen LogP contribution is -2.49. The number of carbonyl (C=O) groups excluding carboxylic acids is 3. The fourth-order valence-electron chi connectivity index (χ4n) is 3.83.